The molecule has 1 aliphatic rings. The number of hydrogen-bond acceptors (Lipinski definition) is 4. The first kappa shape index (κ1) is 16.3. The molecule has 0 spiro atoms. The minimum Gasteiger partial charge on any atom is -0.454 e. The van der Waals surface area contributed by atoms with Crippen LogP contribution < -0.4 is 14.8 Å². The Morgan fingerprint density at radius 1 is 1.21 bits per heavy atom. The second-order valence-corrected chi connectivity index (χ2v) is 6.07. The number of likely N-dealkylation sites (N-methyl/N-ethyl adjacent to an activating group) is 1. The summed E-state index contributed by atoms with van der Waals surface area (Å²) in [5, 5.41) is 2.94. The fraction of sp³-hybridized carbons (Fsp3) is 0.316. The minimum atomic E-state index is -0.255. The third-order valence-electron chi connectivity index (χ3n) is 4.36. The normalized spacial score (nSPS) is 13.8. The van der Waals surface area contributed by atoms with E-state index in [0.717, 1.165) is 6.54 Å². The van der Waals surface area contributed by atoms with Crippen LogP contribution in [0.15, 0.2) is 42.5 Å². The van der Waals surface area contributed by atoms with Gasteiger partial charge in [0.2, 0.25) is 12.7 Å². The molecular formula is C19H22N2O3. The average molecular weight is 326 g/mol. The van der Waals surface area contributed by atoms with Crippen molar-refractivity contribution in [3.05, 3.63) is 53.6 Å². The van der Waals surface area contributed by atoms with Crippen LogP contribution in [0.25, 0.3) is 0 Å². The minimum absolute atomic E-state index is 0.0510. The molecule has 1 atom stereocenters. The van der Waals surface area contributed by atoms with Crippen LogP contribution in [0.3, 0.4) is 0 Å². The number of hydrogen-bond donors (Lipinski definition) is 1. The molecule has 5 heteroatoms. The summed E-state index contributed by atoms with van der Waals surface area (Å²) in [5.74, 6) is 1.32. The van der Waals surface area contributed by atoms with Crippen LogP contribution in [-0.4, -0.2) is 30.7 Å². The van der Waals surface area contributed by atoms with Crippen molar-refractivity contribution in [1.82, 2.24) is 4.90 Å². The molecule has 126 valence electrons. The van der Waals surface area contributed by atoms with Gasteiger partial charge in [0.1, 0.15) is 0 Å². The molecule has 0 fully saturated rings. The highest BCUT2D eigenvalue weighted by atomic mass is 16.7. The molecule has 1 aliphatic heterocycles. The van der Waals surface area contributed by atoms with Crippen molar-refractivity contribution in [2.75, 3.05) is 19.2 Å². The van der Waals surface area contributed by atoms with Crippen LogP contribution in [0.5, 0.6) is 11.5 Å². The standard InChI is InChI=1S/C19H22N2O3/c1-13-6-4-5-7-15(13)11-21(3)14(2)19(22)20-16-8-9-17-18(10-16)24-12-23-17/h4-10,14H,11-12H2,1-3H3,(H,20,22)/t14-/m0/s1. The zero-order valence-corrected chi connectivity index (χ0v) is 14.2. The molecule has 1 N–H and O–H groups in total. The fourth-order valence-electron chi connectivity index (χ4n) is 2.61. The Kier molecular flexibility index (Phi) is 4.71. The van der Waals surface area contributed by atoms with Crippen molar-refractivity contribution in [3.63, 3.8) is 0 Å². The molecule has 1 amide bonds. The quantitative estimate of drug-likeness (QED) is 0.917. The lowest BCUT2D eigenvalue weighted by Crippen LogP contribution is -2.39. The summed E-state index contributed by atoms with van der Waals surface area (Å²) in [7, 11) is 1.95. The summed E-state index contributed by atoms with van der Waals surface area (Å²) < 4.78 is 10.6. The van der Waals surface area contributed by atoms with Gasteiger partial charge in [-0.3, -0.25) is 9.69 Å². The van der Waals surface area contributed by atoms with Gasteiger partial charge >= 0.3 is 0 Å². The zero-order chi connectivity index (χ0) is 17.1. The molecule has 24 heavy (non-hydrogen) atoms. The van der Waals surface area contributed by atoms with Crippen molar-refractivity contribution in [1.29, 1.82) is 0 Å². The maximum Gasteiger partial charge on any atom is 0.241 e. The molecule has 0 saturated heterocycles. The number of benzene rings is 2. The van der Waals surface area contributed by atoms with Crippen molar-refractivity contribution in [3.8, 4) is 11.5 Å². The second kappa shape index (κ2) is 6.93. The number of nitrogens with zero attached hydrogens (tertiary/aromatic N) is 1. The Balaban J connectivity index is 1.63. The summed E-state index contributed by atoms with van der Waals surface area (Å²) in [6.45, 7) is 4.94. The van der Waals surface area contributed by atoms with Gasteiger partial charge in [0.15, 0.2) is 11.5 Å². The summed E-state index contributed by atoms with van der Waals surface area (Å²) in [4.78, 5) is 14.5. The maximum atomic E-state index is 12.5. The van der Waals surface area contributed by atoms with Crippen molar-refractivity contribution in [2.24, 2.45) is 0 Å². The zero-order valence-electron chi connectivity index (χ0n) is 14.2. The molecule has 0 aromatic heterocycles. The molecule has 1 heterocycles. The lowest BCUT2D eigenvalue weighted by atomic mass is 10.1. The highest BCUT2D eigenvalue weighted by Gasteiger charge is 2.20. The van der Waals surface area contributed by atoms with Gasteiger partial charge in [0.25, 0.3) is 0 Å². The Labute approximate surface area is 142 Å². The number of nitrogens with one attached hydrogen (secondary N) is 1. The highest BCUT2D eigenvalue weighted by Crippen LogP contribution is 2.34. The predicted octanol–water partition coefficient (Wildman–Crippen LogP) is 3.18. The van der Waals surface area contributed by atoms with E-state index in [2.05, 4.69) is 24.4 Å². The molecule has 0 radical (unpaired) electrons. The van der Waals surface area contributed by atoms with Gasteiger partial charge in [-0.25, -0.2) is 0 Å². The number of fused-ring (bicyclic) bond motifs is 1. The maximum absolute atomic E-state index is 12.5. The van der Waals surface area contributed by atoms with Crippen LogP contribution in [0.1, 0.15) is 18.1 Å². The van der Waals surface area contributed by atoms with Crippen molar-refractivity contribution >= 4 is 11.6 Å². The molecular weight excluding hydrogens is 304 g/mol. The largest absolute Gasteiger partial charge is 0.454 e. The molecule has 2 aromatic rings. The summed E-state index contributed by atoms with van der Waals surface area (Å²) in [5.41, 5.74) is 3.16. The second-order valence-electron chi connectivity index (χ2n) is 6.07. The molecule has 0 bridgehead atoms. The Morgan fingerprint density at radius 3 is 2.75 bits per heavy atom. The Morgan fingerprint density at radius 2 is 1.96 bits per heavy atom. The van der Waals surface area contributed by atoms with Gasteiger partial charge in [0.05, 0.1) is 6.04 Å². The van der Waals surface area contributed by atoms with Crippen molar-refractivity contribution < 1.29 is 14.3 Å². The number of anilines is 1. The molecule has 3 rings (SSSR count). The Bertz CT molecular complexity index is 745. The van der Waals surface area contributed by atoms with Gasteiger partial charge in [-0.15, -0.1) is 0 Å². The number of amides is 1. The monoisotopic (exact) mass is 326 g/mol. The van der Waals surface area contributed by atoms with Crippen LogP contribution in [0, 0.1) is 6.92 Å². The van der Waals surface area contributed by atoms with Gasteiger partial charge in [-0.2, -0.15) is 0 Å². The molecule has 0 aliphatic carbocycles. The number of ether oxygens (including phenoxy) is 2. The Hall–Kier alpha value is -2.53. The third-order valence-corrected chi connectivity index (χ3v) is 4.36. The number of rotatable bonds is 5. The van der Waals surface area contributed by atoms with Gasteiger partial charge in [-0.05, 0) is 44.2 Å². The van der Waals surface area contributed by atoms with E-state index in [1.165, 1.54) is 11.1 Å². The van der Waals surface area contributed by atoms with Gasteiger partial charge in [0, 0.05) is 18.3 Å². The van der Waals surface area contributed by atoms with Crippen LogP contribution >= 0.6 is 0 Å². The molecule has 2 aromatic carbocycles. The number of carbonyl (C=O) groups is 1. The predicted molar refractivity (Wildman–Crippen MR) is 93.3 cm³/mol. The first-order chi connectivity index (χ1) is 11.5. The van der Waals surface area contributed by atoms with E-state index in [1.54, 1.807) is 12.1 Å². The summed E-state index contributed by atoms with van der Waals surface area (Å²) in [6, 6.07) is 13.4. The molecule has 0 unspecified atom stereocenters. The highest BCUT2D eigenvalue weighted by molar-refractivity contribution is 5.94. The van der Waals surface area contributed by atoms with E-state index in [9.17, 15) is 4.79 Å². The number of carbonyl (C=O) groups excluding carboxylic acids is 1. The van der Waals surface area contributed by atoms with E-state index in [0.29, 0.717) is 17.2 Å². The van der Waals surface area contributed by atoms with Gasteiger partial charge in [-0.1, -0.05) is 24.3 Å². The van der Waals surface area contributed by atoms with Crippen LogP contribution in [0.4, 0.5) is 5.69 Å². The first-order valence-electron chi connectivity index (χ1n) is 8.00. The average Bonchev–Trinajstić information content (AvgIpc) is 3.03. The van der Waals surface area contributed by atoms with E-state index in [-0.39, 0.29) is 18.7 Å². The lowest BCUT2D eigenvalue weighted by Gasteiger charge is -2.24. The van der Waals surface area contributed by atoms with E-state index >= 15 is 0 Å². The molecule has 5 nitrogen and oxygen atoms in total. The van der Waals surface area contributed by atoms with Crippen LogP contribution in [-0.2, 0) is 11.3 Å². The van der Waals surface area contributed by atoms with E-state index < -0.39 is 0 Å². The fourth-order valence-corrected chi connectivity index (χ4v) is 2.61. The van der Waals surface area contributed by atoms with Crippen molar-refractivity contribution in [2.45, 2.75) is 26.4 Å². The summed E-state index contributed by atoms with van der Waals surface area (Å²) >= 11 is 0. The van der Waals surface area contributed by atoms with E-state index in [1.807, 2.05) is 37.1 Å². The van der Waals surface area contributed by atoms with Gasteiger partial charge < -0.3 is 14.8 Å². The third kappa shape index (κ3) is 3.51. The van der Waals surface area contributed by atoms with Crippen LogP contribution in [0.2, 0.25) is 0 Å². The smallest absolute Gasteiger partial charge is 0.241 e. The SMILES string of the molecule is Cc1ccccc1CN(C)[C@@H](C)C(=O)Nc1ccc2c(c1)OCO2. The molecule has 0 saturated carbocycles. The topological polar surface area (TPSA) is 50.8 Å². The first-order valence-corrected chi connectivity index (χ1v) is 8.00. The summed E-state index contributed by atoms with van der Waals surface area (Å²) in [6.07, 6.45) is 0. The number of aryl methyl sites for hydroxylation is 1. The lowest BCUT2D eigenvalue weighted by molar-refractivity contribution is -0.120. The van der Waals surface area contributed by atoms with E-state index in [4.69, 9.17) is 9.47 Å².